The molecule has 0 saturated carbocycles. The van der Waals surface area contributed by atoms with E-state index in [1.807, 2.05) is 18.2 Å². The van der Waals surface area contributed by atoms with Crippen molar-refractivity contribution < 1.29 is 24.6 Å². The van der Waals surface area contributed by atoms with Crippen LogP contribution in [0, 0.1) is 5.92 Å². The number of carboxylic acids is 2. The minimum atomic E-state index is -1.43. The first-order valence-corrected chi connectivity index (χ1v) is 9.07. The van der Waals surface area contributed by atoms with Gasteiger partial charge in [0.15, 0.2) is 0 Å². The molecule has 1 saturated heterocycles. The van der Waals surface area contributed by atoms with Crippen molar-refractivity contribution in [3.63, 3.8) is 0 Å². The van der Waals surface area contributed by atoms with Crippen molar-refractivity contribution >= 4 is 18.0 Å². The van der Waals surface area contributed by atoms with Crippen molar-refractivity contribution in [1.29, 1.82) is 0 Å². The van der Waals surface area contributed by atoms with Crippen molar-refractivity contribution in [2.45, 2.75) is 31.8 Å². The number of carbonyl (C=O) groups excluding carboxylic acids is 1. The molecule has 27 heavy (non-hydrogen) atoms. The van der Waals surface area contributed by atoms with Crippen molar-refractivity contribution in [3.8, 4) is 0 Å². The van der Waals surface area contributed by atoms with E-state index in [4.69, 9.17) is 10.2 Å². The smallest absolute Gasteiger partial charge is 0.326 e. The van der Waals surface area contributed by atoms with Gasteiger partial charge in [0.1, 0.15) is 6.04 Å². The van der Waals surface area contributed by atoms with Crippen LogP contribution in [0.15, 0.2) is 30.3 Å². The minimum Gasteiger partial charge on any atom is -0.481 e. The zero-order valence-corrected chi connectivity index (χ0v) is 15.5. The van der Waals surface area contributed by atoms with Crippen molar-refractivity contribution in [1.82, 2.24) is 15.1 Å². The van der Waals surface area contributed by atoms with Gasteiger partial charge < -0.3 is 20.4 Å². The summed E-state index contributed by atoms with van der Waals surface area (Å²) in [6.45, 7) is 3.33. The predicted molar refractivity (Wildman–Crippen MR) is 99.3 cm³/mol. The number of nitrogens with zero attached hydrogens (tertiary/aromatic N) is 2. The van der Waals surface area contributed by atoms with Crippen LogP contribution in [-0.4, -0.2) is 70.7 Å². The fourth-order valence-electron chi connectivity index (χ4n) is 3.27. The largest absolute Gasteiger partial charge is 0.481 e. The quantitative estimate of drug-likeness (QED) is 0.633. The molecule has 2 amide bonds. The lowest BCUT2D eigenvalue weighted by Gasteiger charge is -2.34. The van der Waals surface area contributed by atoms with E-state index in [9.17, 15) is 14.4 Å². The standard InChI is InChI=1S/C19H27N3O5/c1-21(19(27)20-16(18(25)26)11-17(23)24)12-15-7-9-22(10-8-15)13-14-5-3-2-4-6-14/h2-6,15-16H,7-13H2,1H3,(H,20,27)(H,23,24)(H,25,26)/t16-/m0/s1. The number of carboxylic acid groups (broad SMARTS) is 2. The van der Waals surface area contributed by atoms with E-state index in [2.05, 4.69) is 22.3 Å². The molecular formula is C19H27N3O5. The lowest BCUT2D eigenvalue weighted by Crippen LogP contribution is -2.49. The van der Waals surface area contributed by atoms with Crippen LogP contribution in [0.2, 0.25) is 0 Å². The molecule has 8 nitrogen and oxygen atoms in total. The van der Waals surface area contributed by atoms with Crippen LogP contribution in [0.3, 0.4) is 0 Å². The summed E-state index contributed by atoms with van der Waals surface area (Å²) in [5.74, 6) is -2.28. The molecule has 1 fully saturated rings. The first kappa shape index (κ1) is 20.7. The third kappa shape index (κ3) is 6.90. The Morgan fingerprint density at radius 1 is 1.19 bits per heavy atom. The van der Waals surface area contributed by atoms with Crippen LogP contribution >= 0.6 is 0 Å². The van der Waals surface area contributed by atoms with E-state index in [1.165, 1.54) is 10.5 Å². The molecule has 0 unspecified atom stereocenters. The minimum absolute atomic E-state index is 0.343. The molecule has 8 heteroatoms. The molecule has 1 heterocycles. The number of piperidine rings is 1. The summed E-state index contributed by atoms with van der Waals surface area (Å²) in [4.78, 5) is 37.8. The molecule has 1 aromatic carbocycles. The second kappa shape index (κ2) is 9.91. The van der Waals surface area contributed by atoms with Gasteiger partial charge in [-0.1, -0.05) is 30.3 Å². The third-order valence-corrected chi connectivity index (χ3v) is 4.81. The van der Waals surface area contributed by atoms with Gasteiger partial charge in [0, 0.05) is 20.1 Å². The molecule has 0 spiro atoms. The number of rotatable bonds is 8. The fraction of sp³-hybridized carbons (Fsp3) is 0.526. The molecule has 3 N–H and O–H groups in total. The van der Waals surface area contributed by atoms with Crippen LogP contribution in [0.5, 0.6) is 0 Å². The lowest BCUT2D eigenvalue weighted by molar-refractivity contribution is -0.145. The Hall–Kier alpha value is -2.61. The van der Waals surface area contributed by atoms with Gasteiger partial charge in [-0.3, -0.25) is 9.69 Å². The highest BCUT2D eigenvalue weighted by Gasteiger charge is 2.26. The lowest BCUT2D eigenvalue weighted by atomic mass is 9.96. The second-order valence-electron chi connectivity index (χ2n) is 7.02. The molecule has 1 aliphatic rings. The molecular weight excluding hydrogens is 350 g/mol. The van der Waals surface area contributed by atoms with E-state index in [0.717, 1.165) is 32.5 Å². The topological polar surface area (TPSA) is 110 Å². The summed E-state index contributed by atoms with van der Waals surface area (Å²) < 4.78 is 0. The van der Waals surface area contributed by atoms with Gasteiger partial charge >= 0.3 is 18.0 Å². The molecule has 0 aliphatic carbocycles. The second-order valence-corrected chi connectivity index (χ2v) is 7.02. The number of aliphatic carboxylic acids is 2. The SMILES string of the molecule is CN(CC1CCN(Cc2ccccc2)CC1)C(=O)N[C@@H](CC(=O)O)C(=O)O. The number of benzene rings is 1. The maximum absolute atomic E-state index is 12.2. The van der Waals surface area contributed by atoms with Crippen LogP contribution in [0.4, 0.5) is 4.79 Å². The highest BCUT2D eigenvalue weighted by molar-refractivity contribution is 5.86. The van der Waals surface area contributed by atoms with E-state index >= 15 is 0 Å². The van der Waals surface area contributed by atoms with Crippen LogP contribution in [0.1, 0.15) is 24.8 Å². The van der Waals surface area contributed by atoms with E-state index in [-0.39, 0.29) is 0 Å². The van der Waals surface area contributed by atoms with E-state index in [0.29, 0.717) is 12.5 Å². The summed E-state index contributed by atoms with van der Waals surface area (Å²) in [7, 11) is 1.60. The molecule has 1 aromatic rings. The van der Waals surface area contributed by atoms with Crippen molar-refractivity contribution in [2.75, 3.05) is 26.7 Å². The summed E-state index contributed by atoms with van der Waals surface area (Å²) >= 11 is 0. The first-order valence-electron chi connectivity index (χ1n) is 9.07. The zero-order valence-electron chi connectivity index (χ0n) is 15.5. The number of hydrogen-bond donors (Lipinski definition) is 3. The number of nitrogens with one attached hydrogen (secondary N) is 1. The number of hydrogen-bond acceptors (Lipinski definition) is 4. The molecule has 2 rings (SSSR count). The van der Waals surface area contributed by atoms with Crippen molar-refractivity contribution in [3.05, 3.63) is 35.9 Å². The average molecular weight is 377 g/mol. The molecule has 0 radical (unpaired) electrons. The van der Waals surface area contributed by atoms with E-state index < -0.39 is 30.4 Å². The summed E-state index contributed by atoms with van der Waals surface area (Å²) in [6, 6.07) is 8.30. The highest BCUT2D eigenvalue weighted by atomic mass is 16.4. The maximum Gasteiger partial charge on any atom is 0.326 e. The van der Waals surface area contributed by atoms with Gasteiger partial charge in [0.05, 0.1) is 6.42 Å². The fourth-order valence-corrected chi connectivity index (χ4v) is 3.27. The predicted octanol–water partition coefficient (Wildman–Crippen LogP) is 1.47. The number of likely N-dealkylation sites (tertiary alicyclic amines) is 1. The van der Waals surface area contributed by atoms with Crippen LogP contribution in [-0.2, 0) is 16.1 Å². The average Bonchev–Trinajstić information content (AvgIpc) is 2.63. The zero-order chi connectivity index (χ0) is 19.8. The molecule has 0 bridgehead atoms. The Labute approximate surface area is 158 Å². The maximum atomic E-state index is 12.2. The Balaban J connectivity index is 1.76. The van der Waals surface area contributed by atoms with Gasteiger partial charge in [0.2, 0.25) is 0 Å². The Morgan fingerprint density at radius 2 is 1.81 bits per heavy atom. The van der Waals surface area contributed by atoms with Gasteiger partial charge in [-0.05, 0) is 37.4 Å². The first-order chi connectivity index (χ1) is 12.8. The third-order valence-electron chi connectivity index (χ3n) is 4.81. The normalized spacial score (nSPS) is 16.5. The summed E-state index contributed by atoms with van der Waals surface area (Å²) in [5, 5.41) is 20.0. The van der Waals surface area contributed by atoms with Gasteiger partial charge in [-0.25, -0.2) is 9.59 Å². The molecule has 0 aromatic heterocycles. The highest BCUT2D eigenvalue weighted by Crippen LogP contribution is 2.20. The number of urea groups is 1. The monoisotopic (exact) mass is 377 g/mol. The number of carbonyl (C=O) groups is 3. The van der Waals surface area contributed by atoms with Crippen molar-refractivity contribution in [2.24, 2.45) is 5.92 Å². The van der Waals surface area contributed by atoms with Gasteiger partial charge in [0.25, 0.3) is 0 Å². The van der Waals surface area contributed by atoms with Gasteiger partial charge in [-0.15, -0.1) is 0 Å². The molecule has 1 atom stereocenters. The van der Waals surface area contributed by atoms with Crippen LogP contribution < -0.4 is 5.32 Å². The molecule has 148 valence electrons. The summed E-state index contributed by atoms with van der Waals surface area (Å²) in [6.07, 6.45) is 1.27. The van der Waals surface area contributed by atoms with Gasteiger partial charge in [-0.2, -0.15) is 0 Å². The summed E-state index contributed by atoms with van der Waals surface area (Å²) in [5.41, 5.74) is 1.28. The Bertz CT molecular complexity index is 644. The van der Waals surface area contributed by atoms with E-state index in [1.54, 1.807) is 7.05 Å². The number of amides is 2. The van der Waals surface area contributed by atoms with Crippen LogP contribution in [0.25, 0.3) is 0 Å². The Kier molecular flexibility index (Phi) is 7.60. The molecule has 1 aliphatic heterocycles. The Morgan fingerprint density at radius 3 is 2.37 bits per heavy atom.